The monoisotopic (exact) mass is 360 g/mol. The lowest BCUT2D eigenvalue weighted by atomic mass is 10.3. The minimum atomic E-state index is -3.82. The fourth-order valence-corrected chi connectivity index (χ4v) is 3.50. The highest BCUT2D eigenvalue weighted by Gasteiger charge is 2.18. The summed E-state index contributed by atoms with van der Waals surface area (Å²) in [5, 5.41) is 11.0. The standard InChI is InChI=1S/C16H13ClN4O2S/c17-13-8-4-5-9-14(13)24(22,23)21-16-11-10-15(19-20-16)18-12-6-2-1-3-7-12/h1-11H,(H,18,19)(H,20,21). The molecule has 2 aromatic carbocycles. The van der Waals surface area contributed by atoms with E-state index in [-0.39, 0.29) is 15.7 Å². The lowest BCUT2D eigenvalue weighted by Gasteiger charge is -2.09. The van der Waals surface area contributed by atoms with Gasteiger partial charge in [0.2, 0.25) is 0 Å². The third-order valence-electron chi connectivity index (χ3n) is 3.08. The summed E-state index contributed by atoms with van der Waals surface area (Å²) in [6.45, 7) is 0. The van der Waals surface area contributed by atoms with Crippen molar-refractivity contribution in [2.24, 2.45) is 0 Å². The van der Waals surface area contributed by atoms with Gasteiger partial charge in [0.25, 0.3) is 10.0 Å². The molecule has 0 spiro atoms. The lowest BCUT2D eigenvalue weighted by molar-refractivity contribution is 0.601. The third kappa shape index (κ3) is 3.81. The van der Waals surface area contributed by atoms with Gasteiger partial charge in [-0.2, -0.15) is 0 Å². The van der Waals surface area contributed by atoms with Crippen LogP contribution in [0.3, 0.4) is 0 Å². The molecule has 0 fully saturated rings. The second-order valence-corrected chi connectivity index (χ2v) is 6.89. The normalized spacial score (nSPS) is 11.0. The highest BCUT2D eigenvalue weighted by atomic mass is 35.5. The van der Waals surface area contributed by atoms with Gasteiger partial charge in [-0.3, -0.25) is 4.72 Å². The molecule has 1 aromatic heterocycles. The number of benzene rings is 2. The Balaban J connectivity index is 1.76. The van der Waals surface area contributed by atoms with E-state index in [1.54, 1.807) is 18.2 Å². The van der Waals surface area contributed by atoms with Crippen molar-refractivity contribution in [1.82, 2.24) is 10.2 Å². The van der Waals surface area contributed by atoms with Crippen molar-refractivity contribution in [2.45, 2.75) is 4.90 Å². The number of aromatic nitrogens is 2. The van der Waals surface area contributed by atoms with Gasteiger partial charge < -0.3 is 5.32 Å². The van der Waals surface area contributed by atoms with E-state index in [9.17, 15) is 8.42 Å². The molecule has 0 radical (unpaired) electrons. The molecule has 6 nitrogen and oxygen atoms in total. The number of sulfonamides is 1. The van der Waals surface area contributed by atoms with Crippen molar-refractivity contribution in [3.8, 4) is 0 Å². The molecule has 3 rings (SSSR count). The largest absolute Gasteiger partial charge is 0.339 e. The number of nitrogens with zero attached hydrogens (tertiary/aromatic N) is 2. The topological polar surface area (TPSA) is 84.0 Å². The molecule has 0 bridgehead atoms. The van der Waals surface area contributed by atoms with Crippen molar-refractivity contribution < 1.29 is 8.42 Å². The van der Waals surface area contributed by atoms with Crippen molar-refractivity contribution in [2.75, 3.05) is 10.0 Å². The van der Waals surface area contributed by atoms with Crippen molar-refractivity contribution in [3.63, 3.8) is 0 Å². The zero-order chi connectivity index (χ0) is 17.0. The summed E-state index contributed by atoms with van der Waals surface area (Å²) in [4.78, 5) is -0.0139. The van der Waals surface area contributed by atoms with Crippen LogP contribution < -0.4 is 10.0 Å². The average molecular weight is 361 g/mol. The van der Waals surface area contributed by atoms with Crippen LogP contribution in [0.1, 0.15) is 0 Å². The second kappa shape index (κ2) is 6.86. The molecule has 0 saturated carbocycles. The zero-order valence-electron chi connectivity index (χ0n) is 12.3. The molecule has 2 N–H and O–H groups in total. The molecule has 1 heterocycles. The Hall–Kier alpha value is -2.64. The van der Waals surface area contributed by atoms with Gasteiger partial charge in [-0.05, 0) is 36.4 Å². The summed E-state index contributed by atoms with van der Waals surface area (Å²) >= 11 is 5.93. The molecule has 0 aliphatic rings. The van der Waals surface area contributed by atoms with Crippen molar-refractivity contribution in [1.29, 1.82) is 0 Å². The van der Waals surface area contributed by atoms with Crippen LogP contribution in [0.2, 0.25) is 5.02 Å². The van der Waals surface area contributed by atoms with Crippen LogP contribution in [-0.2, 0) is 10.0 Å². The van der Waals surface area contributed by atoms with Crippen LogP contribution in [0.15, 0.2) is 71.6 Å². The summed E-state index contributed by atoms with van der Waals surface area (Å²) < 4.78 is 27.0. The predicted molar refractivity (Wildman–Crippen MR) is 94.0 cm³/mol. The first-order valence-electron chi connectivity index (χ1n) is 6.98. The quantitative estimate of drug-likeness (QED) is 0.725. The SMILES string of the molecule is O=S(=O)(Nc1ccc(Nc2ccccc2)nn1)c1ccccc1Cl. The van der Waals surface area contributed by atoms with Gasteiger partial charge in [0.05, 0.1) is 5.02 Å². The van der Waals surface area contributed by atoms with E-state index in [0.29, 0.717) is 5.82 Å². The summed E-state index contributed by atoms with van der Waals surface area (Å²) in [5.74, 6) is 0.607. The molecule has 0 unspecified atom stereocenters. The van der Waals surface area contributed by atoms with Gasteiger partial charge >= 0.3 is 0 Å². The van der Waals surface area contributed by atoms with Crippen LogP contribution in [0, 0.1) is 0 Å². The minimum Gasteiger partial charge on any atom is -0.339 e. The lowest BCUT2D eigenvalue weighted by Crippen LogP contribution is -2.14. The van der Waals surface area contributed by atoms with Crippen LogP contribution >= 0.6 is 11.6 Å². The van der Waals surface area contributed by atoms with Crippen LogP contribution in [0.5, 0.6) is 0 Å². The van der Waals surface area contributed by atoms with Gasteiger partial charge in [-0.1, -0.05) is 41.9 Å². The first kappa shape index (κ1) is 16.2. The number of rotatable bonds is 5. The first-order valence-corrected chi connectivity index (χ1v) is 8.84. The van der Waals surface area contributed by atoms with E-state index in [0.717, 1.165) is 5.69 Å². The molecular formula is C16H13ClN4O2S. The van der Waals surface area contributed by atoms with E-state index in [2.05, 4.69) is 20.2 Å². The second-order valence-electron chi connectivity index (χ2n) is 4.83. The van der Waals surface area contributed by atoms with Crippen LogP contribution in [0.25, 0.3) is 0 Å². The highest BCUT2D eigenvalue weighted by molar-refractivity contribution is 7.92. The Kier molecular flexibility index (Phi) is 4.64. The number of hydrogen-bond acceptors (Lipinski definition) is 5. The molecule has 0 saturated heterocycles. The smallest absolute Gasteiger partial charge is 0.264 e. The molecule has 3 aromatic rings. The van der Waals surface area contributed by atoms with Gasteiger partial charge in [-0.15, -0.1) is 10.2 Å². The van der Waals surface area contributed by atoms with Crippen LogP contribution in [-0.4, -0.2) is 18.6 Å². The number of nitrogens with one attached hydrogen (secondary N) is 2. The van der Waals surface area contributed by atoms with Crippen LogP contribution in [0.4, 0.5) is 17.3 Å². The van der Waals surface area contributed by atoms with Gasteiger partial charge in [0.1, 0.15) is 4.90 Å². The Bertz CT molecular complexity index is 932. The maximum absolute atomic E-state index is 12.3. The summed E-state index contributed by atoms with van der Waals surface area (Å²) in [7, 11) is -3.82. The molecule has 122 valence electrons. The van der Waals surface area contributed by atoms with Gasteiger partial charge in [0.15, 0.2) is 11.6 Å². The molecule has 0 aliphatic carbocycles. The predicted octanol–water partition coefficient (Wildman–Crippen LogP) is 3.67. The van der Waals surface area contributed by atoms with Crippen molar-refractivity contribution in [3.05, 3.63) is 71.8 Å². The Morgan fingerprint density at radius 3 is 2.08 bits per heavy atom. The zero-order valence-corrected chi connectivity index (χ0v) is 13.9. The molecule has 8 heteroatoms. The van der Waals surface area contributed by atoms with Crippen molar-refractivity contribution >= 4 is 38.9 Å². The van der Waals surface area contributed by atoms with E-state index in [1.165, 1.54) is 18.2 Å². The average Bonchev–Trinajstić information content (AvgIpc) is 2.58. The molecule has 24 heavy (non-hydrogen) atoms. The molecular weight excluding hydrogens is 348 g/mol. The number of halogens is 1. The fraction of sp³-hybridized carbons (Fsp3) is 0. The molecule has 0 atom stereocenters. The Morgan fingerprint density at radius 1 is 0.792 bits per heavy atom. The number of para-hydroxylation sites is 1. The first-order chi connectivity index (χ1) is 11.5. The Morgan fingerprint density at radius 2 is 1.42 bits per heavy atom. The Labute approximate surface area is 144 Å². The van der Waals surface area contributed by atoms with E-state index in [4.69, 9.17) is 11.6 Å². The number of anilines is 3. The maximum Gasteiger partial charge on any atom is 0.264 e. The third-order valence-corrected chi connectivity index (χ3v) is 4.93. The molecule has 0 aliphatic heterocycles. The number of hydrogen-bond donors (Lipinski definition) is 2. The summed E-state index contributed by atoms with van der Waals surface area (Å²) in [6, 6.07) is 18.8. The van der Waals surface area contributed by atoms with Gasteiger partial charge in [0, 0.05) is 5.69 Å². The maximum atomic E-state index is 12.3. The fourth-order valence-electron chi connectivity index (χ4n) is 1.98. The highest BCUT2D eigenvalue weighted by Crippen LogP contribution is 2.23. The van der Waals surface area contributed by atoms with Gasteiger partial charge in [-0.25, -0.2) is 8.42 Å². The summed E-state index contributed by atoms with van der Waals surface area (Å²) in [5.41, 5.74) is 0.858. The molecule has 0 amide bonds. The van der Waals surface area contributed by atoms with E-state index >= 15 is 0 Å². The van der Waals surface area contributed by atoms with E-state index in [1.807, 2.05) is 30.3 Å². The summed E-state index contributed by atoms with van der Waals surface area (Å²) in [6.07, 6.45) is 0. The minimum absolute atomic E-state index is 0.0139. The van der Waals surface area contributed by atoms with E-state index < -0.39 is 10.0 Å².